The number of benzene rings is 1. The van der Waals surface area contributed by atoms with Crippen LogP contribution in [0.25, 0.3) is 10.9 Å². The van der Waals surface area contributed by atoms with Gasteiger partial charge in [0.2, 0.25) is 0 Å². The van der Waals surface area contributed by atoms with Crippen molar-refractivity contribution in [1.29, 1.82) is 0 Å². The topological polar surface area (TPSA) is 41.0 Å². The third-order valence-corrected chi connectivity index (χ3v) is 4.24. The molecule has 0 amide bonds. The van der Waals surface area contributed by atoms with Gasteiger partial charge in [0.25, 0.3) is 0 Å². The lowest BCUT2D eigenvalue weighted by Crippen LogP contribution is -2.49. The SMILES string of the molecule is C=C(NNC)C(NC)C(C)(C)c1cn(C)c2ccccc12. The van der Waals surface area contributed by atoms with Crippen LogP contribution in [0.2, 0.25) is 0 Å². The van der Waals surface area contributed by atoms with Crippen LogP contribution in [0.4, 0.5) is 0 Å². The maximum atomic E-state index is 4.15. The van der Waals surface area contributed by atoms with Crippen LogP contribution in [0.15, 0.2) is 42.7 Å². The lowest BCUT2D eigenvalue weighted by molar-refractivity contribution is 0.380. The first-order chi connectivity index (χ1) is 9.93. The number of fused-ring (bicyclic) bond motifs is 1. The van der Waals surface area contributed by atoms with Gasteiger partial charge in [-0.2, -0.15) is 0 Å². The van der Waals surface area contributed by atoms with E-state index in [2.05, 4.69) is 78.7 Å². The highest BCUT2D eigenvalue weighted by Gasteiger charge is 2.34. The highest BCUT2D eigenvalue weighted by atomic mass is 15.3. The molecular formula is C17H26N4. The minimum Gasteiger partial charge on any atom is -0.350 e. The molecule has 0 saturated carbocycles. The Labute approximate surface area is 127 Å². The number of rotatable bonds is 6. The number of hydrogen-bond donors (Lipinski definition) is 3. The highest BCUT2D eigenvalue weighted by molar-refractivity contribution is 5.85. The summed E-state index contributed by atoms with van der Waals surface area (Å²) in [5.74, 6) is 0. The van der Waals surface area contributed by atoms with Crippen molar-refractivity contribution in [3.05, 3.63) is 48.3 Å². The minimum atomic E-state index is -0.101. The molecule has 1 unspecified atom stereocenters. The van der Waals surface area contributed by atoms with Crippen LogP contribution in [0.1, 0.15) is 19.4 Å². The molecule has 21 heavy (non-hydrogen) atoms. The Morgan fingerprint density at radius 2 is 1.90 bits per heavy atom. The first kappa shape index (κ1) is 15.6. The van der Waals surface area contributed by atoms with Crippen molar-refractivity contribution in [2.75, 3.05) is 14.1 Å². The first-order valence-electron chi connectivity index (χ1n) is 7.26. The Morgan fingerprint density at radius 3 is 2.52 bits per heavy atom. The van der Waals surface area contributed by atoms with Gasteiger partial charge >= 0.3 is 0 Å². The Hall–Kier alpha value is -1.78. The van der Waals surface area contributed by atoms with Gasteiger partial charge in [-0.3, -0.25) is 0 Å². The smallest absolute Gasteiger partial charge is 0.0568 e. The molecule has 0 spiro atoms. The maximum absolute atomic E-state index is 4.15. The monoisotopic (exact) mass is 286 g/mol. The maximum Gasteiger partial charge on any atom is 0.0568 e. The van der Waals surface area contributed by atoms with Crippen LogP contribution in [0, 0.1) is 0 Å². The summed E-state index contributed by atoms with van der Waals surface area (Å²) in [6.45, 7) is 8.65. The molecule has 114 valence electrons. The van der Waals surface area contributed by atoms with E-state index < -0.39 is 0 Å². The molecular weight excluding hydrogens is 260 g/mol. The van der Waals surface area contributed by atoms with E-state index in [0.717, 1.165) is 5.70 Å². The van der Waals surface area contributed by atoms with E-state index in [1.807, 2.05) is 14.1 Å². The van der Waals surface area contributed by atoms with Crippen LogP contribution >= 0.6 is 0 Å². The Balaban J connectivity index is 2.52. The van der Waals surface area contributed by atoms with Gasteiger partial charge in [-0.25, -0.2) is 5.43 Å². The van der Waals surface area contributed by atoms with Crippen LogP contribution in [0.3, 0.4) is 0 Å². The number of aryl methyl sites for hydroxylation is 1. The van der Waals surface area contributed by atoms with Crippen molar-refractivity contribution in [2.24, 2.45) is 7.05 Å². The van der Waals surface area contributed by atoms with Crippen molar-refractivity contribution in [3.8, 4) is 0 Å². The predicted octanol–water partition coefficient (Wildman–Crippen LogP) is 2.28. The molecule has 0 bridgehead atoms. The molecule has 3 N–H and O–H groups in total. The third-order valence-electron chi connectivity index (χ3n) is 4.24. The van der Waals surface area contributed by atoms with Crippen molar-refractivity contribution >= 4 is 10.9 Å². The molecule has 0 radical (unpaired) electrons. The van der Waals surface area contributed by atoms with Crippen molar-refractivity contribution in [2.45, 2.75) is 25.3 Å². The number of hydrogen-bond acceptors (Lipinski definition) is 3. The van der Waals surface area contributed by atoms with Gasteiger partial charge < -0.3 is 15.3 Å². The molecule has 1 atom stereocenters. The molecule has 1 aromatic carbocycles. The van der Waals surface area contributed by atoms with E-state index >= 15 is 0 Å². The molecule has 2 aromatic rings. The van der Waals surface area contributed by atoms with Crippen molar-refractivity contribution < 1.29 is 0 Å². The number of hydrazine groups is 1. The molecule has 0 saturated heterocycles. The van der Waals surface area contributed by atoms with Crippen molar-refractivity contribution in [3.63, 3.8) is 0 Å². The Morgan fingerprint density at radius 1 is 1.24 bits per heavy atom. The molecule has 0 aliphatic carbocycles. The normalized spacial score (nSPS) is 13.4. The minimum absolute atomic E-state index is 0.101. The van der Waals surface area contributed by atoms with Crippen molar-refractivity contribution in [1.82, 2.24) is 20.7 Å². The fourth-order valence-electron chi connectivity index (χ4n) is 3.21. The summed E-state index contributed by atoms with van der Waals surface area (Å²) in [4.78, 5) is 0. The summed E-state index contributed by atoms with van der Waals surface area (Å²) in [6, 6.07) is 8.63. The molecule has 4 nitrogen and oxygen atoms in total. The zero-order chi connectivity index (χ0) is 15.6. The van der Waals surface area contributed by atoms with Gasteiger partial charge in [0, 0.05) is 42.3 Å². The zero-order valence-electron chi connectivity index (χ0n) is 13.6. The number of para-hydroxylation sites is 1. The van der Waals surface area contributed by atoms with Crippen LogP contribution in [-0.2, 0) is 12.5 Å². The average Bonchev–Trinajstić information content (AvgIpc) is 2.78. The first-order valence-corrected chi connectivity index (χ1v) is 7.26. The number of aromatic nitrogens is 1. The number of likely N-dealkylation sites (N-methyl/N-ethyl adjacent to an activating group) is 1. The summed E-state index contributed by atoms with van der Waals surface area (Å²) in [7, 11) is 5.92. The number of nitrogens with zero attached hydrogens (tertiary/aromatic N) is 1. The fraction of sp³-hybridized carbons (Fsp3) is 0.412. The molecule has 1 heterocycles. The van der Waals surface area contributed by atoms with E-state index in [1.165, 1.54) is 16.5 Å². The Kier molecular flexibility index (Phi) is 4.40. The lowest BCUT2D eigenvalue weighted by Gasteiger charge is -2.35. The molecule has 0 fully saturated rings. The van der Waals surface area contributed by atoms with Crippen LogP contribution in [-0.4, -0.2) is 24.7 Å². The van der Waals surface area contributed by atoms with E-state index in [1.54, 1.807) is 0 Å². The average molecular weight is 286 g/mol. The van der Waals surface area contributed by atoms with E-state index in [4.69, 9.17) is 0 Å². The van der Waals surface area contributed by atoms with Gasteiger partial charge in [-0.05, 0) is 18.7 Å². The van der Waals surface area contributed by atoms with E-state index in [9.17, 15) is 0 Å². The predicted molar refractivity (Wildman–Crippen MR) is 90.1 cm³/mol. The third kappa shape index (κ3) is 2.69. The molecule has 2 rings (SSSR count). The highest BCUT2D eigenvalue weighted by Crippen LogP contribution is 2.35. The van der Waals surface area contributed by atoms with E-state index in [-0.39, 0.29) is 11.5 Å². The second-order valence-electron chi connectivity index (χ2n) is 6.01. The quantitative estimate of drug-likeness (QED) is 0.714. The Bertz CT molecular complexity index is 639. The van der Waals surface area contributed by atoms with Crippen LogP contribution < -0.4 is 16.2 Å². The summed E-state index contributed by atoms with van der Waals surface area (Å²) < 4.78 is 2.19. The van der Waals surface area contributed by atoms with E-state index in [0.29, 0.717) is 0 Å². The van der Waals surface area contributed by atoms with Gasteiger partial charge in [-0.15, -0.1) is 0 Å². The summed E-state index contributed by atoms with van der Waals surface area (Å²) >= 11 is 0. The summed E-state index contributed by atoms with van der Waals surface area (Å²) in [5.41, 5.74) is 9.47. The largest absolute Gasteiger partial charge is 0.350 e. The molecule has 4 heteroatoms. The molecule has 1 aromatic heterocycles. The summed E-state index contributed by atoms with van der Waals surface area (Å²) in [6.07, 6.45) is 2.22. The van der Waals surface area contributed by atoms with Gasteiger partial charge in [0.05, 0.1) is 6.04 Å². The van der Waals surface area contributed by atoms with Gasteiger partial charge in [0.1, 0.15) is 0 Å². The second-order valence-corrected chi connectivity index (χ2v) is 6.01. The second kappa shape index (κ2) is 5.92. The molecule has 0 aliphatic rings. The fourth-order valence-corrected chi connectivity index (χ4v) is 3.21. The van der Waals surface area contributed by atoms with Crippen LogP contribution in [0.5, 0.6) is 0 Å². The van der Waals surface area contributed by atoms with Gasteiger partial charge in [0.15, 0.2) is 0 Å². The standard InChI is InChI=1S/C17H26N4/c1-12(20-19-5)16(18-4)17(2,3)14-11-21(6)15-10-8-7-9-13(14)15/h7-11,16,18-20H,1H2,2-6H3. The zero-order valence-corrected chi connectivity index (χ0v) is 13.6. The molecule has 0 aliphatic heterocycles. The summed E-state index contributed by atoms with van der Waals surface area (Å²) in [5, 5.41) is 4.68. The van der Waals surface area contributed by atoms with Gasteiger partial charge in [-0.1, -0.05) is 38.6 Å². The lowest BCUT2D eigenvalue weighted by atomic mass is 9.76. The number of nitrogens with one attached hydrogen (secondary N) is 3.